The summed E-state index contributed by atoms with van der Waals surface area (Å²) in [5.41, 5.74) is 3.65. The van der Waals surface area contributed by atoms with Crippen LogP contribution in [0.2, 0.25) is 5.15 Å². The number of Topliss-reactive ketones (excluding diaryl/α,β-unsaturated/α-hetero) is 1. The van der Waals surface area contributed by atoms with Gasteiger partial charge in [-0.05, 0) is 31.0 Å². The first-order chi connectivity index (χ1) is 8.56. The van der Waals surface area contributed by atoms with Crippen molar-refractivity contribution in [2.24, 2.45) is 0 Å². The van der Waals surface area contributed by atoms with Crippen LogP contribution in [0.5, 0.6) is 0 Å². The lowest BCUT2D eigenvalue weighted by atomic mass is 10.0. The van der Waals surface area contributed by atoms with Gasteiger partial charge in [-0.2, -0.15) is 0 Å². The monoisotopic (exact) mass is 260 g/mol. The summed E-state index contributed by atoms with van der Waals surface area (Å²) in [6.45, 7) is 3.48. The third kappa shape index (κ3) is 2.93. The van der Waals surface area contributed by atoms with E-state index < -0.39 is 0 Å². The zero-order chi connectivity index (χ0) is 13.1. The third-order valence-corrected chi connectivity index (χ3v) is 3.00. The van der Waals surface area contributed by atoms with Gasteiger partial charge in [-0.15, -0.1) is 10.2 Å². The molecule has 0 aliphatic rings. The normalized spacial score (nSPS) is 10.4. The van der Waals surface area contributed by atoms with Crippen LogP contribution in [0, 0.1) is 6.92 Å². The topological polar surface area (TPSA) is 42.9 Å². The van der Waals surface area contributed by atoms with Crippen LogP contribution < -0.4 is 0 Å². The molecule has 18 heavy (non-hydrogen) atoms. The van der Waals surface area contributed by atoms with Gasteiger partial charge in [0.05, 0.1) is 5.69 Å². The molecule has 0 aliphatic heterocycles. The summed E-state index contributed by atoms with van der Waals surface area (Å²) in [5, 5.41) is 8.36. The first-order valence-electron chi connectivity index (χ1n) is 5.65. The molecule has 2 aromatic rings. The fourth-order valence-corrected chi connectivity index (χ4v) is 1.78. The number of hydrogen-bond acceptors (Lipinski definition) is 3. The number of carbonyl (C=O) groups excluding carboxylic acids is 1. The largest absolute Gasteiger partial charge is 0.300 e. The second-order valence-corrected chi connectivity index (χ2v) is 4.64. The minimum absolute atomic E-state index is 0.157. The molecule has 0 radical (unpaired) electrons. The Labute approximate surface area is 111 Å². The van der Waals surface area contributed by atoms with E-state index in [1.54, 1.807) is 6.92 Å². The number of benzene rings is 1. The molecule has 2 rings (SSSR count). The number of aryl methyl sites for hydroxylation is 1. The van der Waals surface area contributed by atoms with Crippen molar-refractivity contribution in [3.63, 3.8) is 0 Å². The minimum Gasteiger partial charge on any atom is -0.300 e. The highest BCUT2D eigenvalue weighted by Crippen LogP contribution is 2.20. The van der Waals surface area contributed by atoms with Crippen molar-refractivity contribution in [1.29, 1.82) is 0 Å². The van der Waals surface area contributed by atoms with E-state index >= 15 is 0 Å². The highest BCUT2D eigenvalue weighted by Gasteiger charge is 2.04. The molecule has 0 N–H and O–H groups in total. The molecule has 0 unspecified atom stereocenters. The van der Waals surface area contributed by atoms with Crippen molar-refractivity contribution in [1.82, 2.24) is 10.2 Å². The summed E-state index contributed by atoms with van der Waals surface area (Å²) in [6.07, 6.45) is 0.464. The first kappa shape index (κ1) is 12.7. The molecule has 1 heterocycles. The summed E-state index contributed by atoms with van der Waals surface area (Å²) in [5.74, 6) is 0.157. The lowest BCUT2D eigenvalue weighted by Gasteiger charge is -2.03. The van der Waals surface area contributed by atoms with Crippen molar-refractivity contribution in [3.8, 4) is 11.3 Å². The lowest BCUT2D eigenvalue weighted by Crippen LogP contribution is -1.96. The summed E-state index contributed by atoms with van der Waals surface area (Å²) in [6, 6.07) is 9.64. The van der Waals surface area contributed by atoms with Crippen LogP contribution in [0.15, 0.2) is 30.3 Å². The smallest absolute Gasteiger partial charge is 0.154 e. The van der Waals surface area contributed by atoms with E-state index in [1.807, 2.05) is 37.3 Å². The van der Waals surface area contributed by atoms with E-state index in [0.717, 1.165) is 22.4 Å². The van der Waals surface area contributed by atoms with E-state index in [-0.39, 0.29) is 5.78 Å². The Bertz CT molecular complexity index is 579. The van der Waals surface area contributed by atoms with Gasteiger partial charge >= 0.3 is 0 Å². The maximum absolute atomic E-state index is 11.0. The maximum Gasteiger partial charge on any atom is 0.154 e. The van der Waals surface area contributed by atoms with E-state index in [1.165, 1.54) is 0 Å². The molecule has 1 aromatic carbocycles. The summed E-state index contributed by atoms with van der Waals surface area (Å²) >= 11 is 5.84. The highest BCUT2D eigenvalue weighted by molar-refractivity contribution is 6.30. The molecule has 0 aliphatic carbocycles. The first-order valence-corrected chi connectivity index (χ1v) is 6.02. The average Bonchev–Trinajstić information content (AvgIpc) is 2.33. The third-order valence-electron chi connectivity index (χ3n) is 2.63. The zero-order valence-electron chi connectivity index (χ0n) is 10.3. The van der Waals surface area contributed by atoms with Gasteiger partial charge in [0.15, 0.2) is 5.15 Å². The molecule has 4 heteroatoms. The molecule has 0 saturated heterocycles. The van der Waals surface area contributed by atoms with E-state index in [2.05, 4.69) is 10.2 Å². The summed E-state index contributed by atoms with van der Waals surface area (Å²) in [7, 11) is 0. The average molecular weight is 261 g/mol. The minimum atomic E-state index is 0.157. The van der Waals surface area contributed by atoms with Gasteiger partial charge in [0.1, 0.15) is 5.78 Å². The van der Waals surface area contributed by atoms with Crippen LogP contribution in [-0.2, 0) is 11.2 Å². The Morgan fingerprint density at radius 2 is 1.89 bits per heavy atom. The lowest BCUT2D eigenvalue weighted by molar-refractivity contribution is -0.116. The molecule has 0 atom stereocenters. The number of ketones is 1. The van der Waals surface area contributed by atoms with Crippen LogP contribution in [0.25, 0.3) is 11.3 Å². The fourth-order valence-electron chi connectivity index (χ4n) is 1.69. The molecule has 0 fully saturated rings. The van der Waals surface area contributed by atoms with Gasteiger partial charge in [-0.3, -0.25) is 4.79 Å². The van der Waals surface area contributed by atoms with E-state index in [9.17, 15) is 4.79 Å². The molecule has 0 amide bonds. The predicted octanol–water partition coefficient (Wildman–Crippen LogP) is 3.24. The van der Waals surface area contributed by atoms with Crippen LogP contribution in [-0.4, -0.2) is 16.0 Å². The Hall–Kier alpha value is -1.74. The predicted molar refractivity (Wildman–Crippen MR) is 71.6 cm³/mol. The molecule has 0 saturated carbocycles. The van der Waals surface area contributed by atoms with Gasteiger partial charge < -0.3 is 0 Å². The van der Waals surface area contributed by atoms with Crippen LogP contribution in [0.1, 0.15) is 18.1 Å². The van der Waals surface area contributed by atoms with Crippen molar-refractivity contribution in [2.45, 2.75) is 20.3 Å². The zero-order valence-corrected chi connectivity index (χ0v) is 11.0. The number of halogens is 1. The SMILES string of the molecule is CC(=O)Cc1ccc(-c2cc(C)c(Cl)nn2)cc1. The molecule has 92 valence electrons. The standard InChI is InChI=1S/C14H13ClN2O/c1-9-7-13(16-17-14(9)15)12-5-3-11(4-6-12)8-10(2)18/h3-7H,8H2,1-2H3. The van der Waals surface area contributed by atoms with Gasteiger partial charge in [0, 0.05) is 12.0 Å². The number of rotatable bonds is 3. The van der Waals surface area contributed by atoms with E-state index in [4.69, 9.17) is 11.6 Å². The number of carbonyl (C=O) groups is 1. The van der Waals surface area contributed by atoms with Crippen molar-refractivity contribution in [3.05, 3.63) is 46.6 Å². The van der Waals surface area contributed by atoms with Gasteiger partial charge in [-0.1, -0.05) is 35.9 Å². The summed E-state index contributed by atoms with van der Waals surface area (Å²) in [4.78, 5) is 11.0. The Morgan fingerprint density at radius 1 is 1.22 bits per heavy atom. The molecule has 0 bridgehead atoms. The van der Waals surface area contributed by atoms with Crippen molar-refractivity contribution >= 4 is 17.4 Å². The molecule has 0 spiro atoms. The van der Waals surface area contributed by atoms with Gasteiger partial charge in [0.2, 0.25) is 0 Å². The van der Waals surface area contributed by atoms with Gasteiger partial charge in [0.25, 0.3) is 0 Å². The molecular formula is C14H13ClN2O. The van der Waals surface area contributed by atoms with Crippen LogP contribution >= 0.6 is 11.6 Å². The Kier molecular flexibility index (Phi) is 3.72. The highest BCUT2D eigenvalue weighted by atomic mass is 35.5. The Balaban J connectivity index is 2.28. The Morgan fingerprint density at radius 3 is 2.44 bits per heavy atom. The maximum atomic E-state index is 11.0. The molecular weight excluding hydrogens is 248 g/mol. The van der Waals surface area contributed by atoms with Gasteiger partial charge in [-0.25, -0.2) is 0 Å². The second kappa shape index (κ2) is 5.27. The van der Waals surface area contributed by atoms with Crippen molar-refractivity contribution in [2.75, 3.05) is 0 Å². The van der Waals surface area contributed by atoms with Crippen LogP contribution in [0.4, 0.5) is 0 Å². The van der Waals surface area contributed by atoms with Crippen molar-refractivity contribution < 1.29 is 4.79 Å². The van der Waals surface area contributed by atoms with E-state index in [0.29, 0.717) is 11.6 Å². The fraction of sp³-hybridized carbons (Fsp3) is 0.214. The van der Waals surface area contributed by atoms with Crippen LogP contribution in [0.3, 0.4) is 0 Å². The number of nitrogens with zero attached hydrogens (tertiary/aromatic N) is 2. The molecule has 1 aromatic heterocycles. The molecule has 3 nitrogen and oxygen atoms in total. The quantitative estimate of drug-likeness (QED) is 0.851. The second-order valence-electron chi connectivity index (χ2n) is 4.28. The summed E-state index contributed by atoms with van der Waals surface area (Å²) < 4.78 is 0. The number of hydrogen-bond donors (Lipinski definition) is 0. The number of aromatic nitrogens is 2.